The van der Waals surface area contributed by atoms with Crippen LogP contribution in [0, 0.1) is 17.8 Å². The van der Waals surface area contributed by atoms with Crippen molar-refractivity contribution >= 4 is 15.9 Å². The lowest BCUT2D eigenvalue weighted by Gasteiger charge is -2.13. The Morgan fingerprint density at radius 3 is 2.84 bits per heavy atom. The summed E-state index contributed by atoms with van der Waals surface area (Å²) in [7, 11) is 0. The second-order valence-corrected chi connectivity index (χ2v) is 5.72. The van der Waals surface area contributed by atoms with Crippen LogP contribution >= 0.6 is 15.9 Å². The molecule has 1 aromatic carbocycles. The van der Waals surface area contributed by atoms with Crippen molar-refractivity contribution in [1.82, 2.24) is 5.32 Å². The lowest BCUT2D eigenvalue weighted by Crippen LogP contribution is -2.19. The smallest absolute Gasteiger partial charge is 0.123 e. The van der Waals surface area contributed by atoms with Crippen molar-refractivity contribution in [3.05, 3.63) is 28.2 Å². The molecule has 0 saturated carbocycles. The number of hydrogen-bond donors (Lipinski definition) is 1. The van der Waals surface area contributed by atoms with Gasteiger partial charge in [-0.15, -0.1) is 11.8 Å². The molecule has 0 saturated heterocycles. The van der Waals surface area contributed by atoms with Crippen LogP contribution < -0.4 is 10.1 Å². The van der Waals surface area contributed by atoms with Crippen molar-refractivity contribution in [1.29, 1.82) is 0 Å². The summed E-state index contributed by atoms with van der Waals surface area (Å²) in [6.45, 7) is 8.73. The fourth-order valence-corrected chi connectivity index (χ4v) is 2.07. The highest BCUT2D eigenvalue weighted by molar-refractivity contribution is 9.10. The van der Waals surface area contributed by atoms with Crippen molar-refractivity contribution in [3.8, 4) is 17.6 Å². The Balaban J connectivity index is 2.59. The van der Waals surface area contributed by atoms with E-state index in [2.05, 4.69) is 53.0 Å². The molecule has 0 heterocycles. The second kappa shape index (κ2) is 9.01. The van der Waals surface area contributed by atoms with E-state index in [-0.39, 0.29) is 0 Å². The van der Waals surface area contributed by atoms with Crippen LogP contribution in [0.4, 0.5) is 0 Å². The molecule has 0 radical (unpaired) electrons. The Morgan fingerprint density at radius 2 is 2.16 bits per heavy atom. The fourth-order valence-electron chi connectivity index (χ4n) is 1.66. The Bertz CT molecular complexity index is 446. The van der Waals surface area contributed by atoms with Gasteiger partial charge in [-0.3, -0.25) is 0 Å². The molecule has 104 valence electrons. The molecule has 1 rings (SSSR count). The van der Waals surface area contributed by atoms with E-state index in [1.165, 1.54) is 5.56 Å². The van der Waals surface area contributed by atoms with Gasteiger partial charge in [0.05, 0.1) is 6.61 Å². The molecule has 0 unspecified atom stereocenters. The fraction of sp³-hybridized carbons (Fsp3) is 0.500. The molecule has 19 heavy (non-hydrogen) atoms. The van der Waals surface area contributed by atoms with Crippen molar-refractivity contribution in [3.63, 3.8) is 0 Å². The molecule has 0 bridgehead atoms. The topological polar surface area (TPSA) is 21.3 Å². The molecular weight excluding hydrogens is 302 g/mol. The molecule has 1 aromatic rings. The molecule has 0 aliphatic rings. The molecule has 3 heteroatoms. The molecular formula is C16H22BrNO. The first-order valence-corrected chi connectivity index (χ1v) is 7.44. The van der Waals surface area contributed by atoms with Gasteiger partial charge in [-0.05, 0) is 37.6 Å². The van der Waals surface area contributed by atoms with Gasteiger partial charge in [-0.2, -0.15) is 0 Å². The highest BCUT2D eigenvalue weighted by Gasteiger charge is 2.05. The standard InChI is InChI=1S/C16H22BrNO/c1-4-5-6-9-19-16-8-7-15(17)10-14(16)12-18-11-13(2)3/h7-8,10,13,18H,6,9,11-12H2,1-3H3. The third-order valence-corrected chi connectivity index (χ3v) is 3.05. The molecule has 0 fully saturated rings. The first kappa shape index (κ1) is 16.1. The second-order valence-electron chi connectivity index (χ2n) is 4.80. The van der Waals surface area contributed by atoms with E-state index in [0.29, 0.717) is 12.5 Å². The summed E-state index contributed by atoms with van der Waals surface area (Å²) in [6, 6.07) is 6.12. The van der Waals surface area contributed by atoms with E-state index in [0.717, 1.165) is 29.7 Å². The Kier molecular flexibility index (Phi) is 7.62. The summed E-state index contributed by atoms with van der Waals surface area (Å²) in [5.74, 6) is 7.47. The van der Waals surface area contributed by atoms with Crippen molar-refractivity contribution < 1.29 is 4.74 Å². The average molecular weight is 324 g/mol. The summed E-state index contributed by atoms with van der Waals surface area (Å²) in [6.07, 6.45) is 0.769. The van der Waals surface area contributed by atoms with E-state index in [1.807, 2.05) is 19.1 Å². The highest BCUT2D eigenvalue weighted by Crippen LogP contribution is 2.23. The van der Waals surface area contributed by atoms with Gasteiger partial charge >= 0.3 is 0 Å². The number of benzene rings is 1. The average Bonchev–Trinajstić information content (AvgIpc) is 2.36. The van der Waals surface area contributed by atoms with Crippen LogP contribution in [-0.2, 0) is 6.54 Å². The van der Waals surface area contributed by atoms with E-state index < -0.39 is 0 Å². The quantitative estimate of drug-likeness (QED) is 0.605. The Morgan fingerprint density at radius 1 is 1.37 bits per heavy atom. The van der Waals surface area contributed by atoms with Crippen LogP contribution in [0.15, 0.2) is 22.7 Å². The van der Waals surface area contributed by atoms with Gasteiger partial charge in [0.1, 0.15) is 5.75 Å². The van der Waals surface area contributed by atoms with Crippen molar-refractivity contribution in [2.45, 2.75) is 33.7 Å². The molecule has 0 aliphatic heterocycles. The van der Waals surface area contributed by atoms with E-state index >= 15 is 0 Å². The summed E-state index contributed by atoms with van der Waals surface area (Å²) >= 11 is 3.50. The van der Waals surface area contributed by atoms with Gasteiger partial charge in [0, 0.05) is 23.0 Å². The molecule has 0 amide bonds. The summed E-state index contributed by atoms with van der Waals surface area (Å²) < 4.78 is 6.87. The molecule has 0 aliphatic carbocycles. The molecule has 0 atom stereocenters. The predicted molar refractivity (Wildman–Crippen MR) is 84.2 cm³/mol. The number of hydrogen-bond acceptors (Lipinski definition) is 2. The summed E-state index contributed by atoms with van der Waals surface area (Å²) in [5.41, 5.74) is 1.18. The van der Waals surface area contributed by atoms with Gasteiger partial charge < -0.3 is 10.1 Å². The van der Waals surface area contributed by atoms with E-state index in [9.17, 15) is 0 Å². The zero-order chi connectivity index (χ0) is 14.1. The third kappa shape index (κ3) is 6.66. The van der Waals surface area contributed by atoms with Gasteiger partial charge in [0.15, 0.2) is 0 Å². The minimum atomic E-state index is 0.639. The number of nitrogens with one attached hydrogen (secondary N) is 1. The largest absolute Gasteiger partial charge is 0.492 e. The van der Waals surface area contributed by atoms with Crippen LogP contribution in [0.5, 0.6) is 5.75 Å². The van der Waals surface area contributed by atoms with Gasteiger partial charge in [-0.1, -0.05) is 29.8 Å². The maximum atomic E-state index is 5.79. The summed E-state index contributed by atoms with van der Waals surface area (Å²) in [5, 5.41) is 3.44. The molecule has 0 spiro atoms. The maximum Gasteiger partial charge on any atom is 0.123 e. The minimum Gasteiger partial charge on any atom is -0.492 e. The first-order valence-electron chi connectivity index (χ1n) is 6.65. The SMILES string of the molecule is CC#CCCOc1ccc(Br)cc1CNCC(C)C. The van der Waals surface area contributed by atoms with Gasteiger partial charge in [0.25, 0.3) is 0 Å². The molecule has 1 N–H and O–H groups in total. The normalized spacial score (nSPS) is 10.2. The Hall–Kier alpha value is -0.980. The van der Waals surface area contributed by atoms with Crippen LogP contribution in [0.2, 0.25) is 0 Å². The predicted octanol–water partition coefficient (Wildman–Crippen LogP) is 3.99. The number of halogens is 1. The van der Waals surface area contributed by atoms with Crippen molar-refractivity contribution in [2.75, 3.05) is 13.2 Å². The Labute approximate surface area is 125 Å². The molecule has 2 nitrogen and oxygen atoms in total. The zero-order valence-electron chi connectivity index (χ0n) is 11.9. The summed E-state index contributed by atoms with van der Waals surface area (Å²) in [4.78, 5) is 0. The third-order valence-electron chi connectivity index (χ3n) is 2.55. The number of rotatable bonds is 7. The van der Waals surface area contributed by atoms with Gasteiger partial charge in [-0.25, -0.2) is 0 Å². The maximum absolute atomic E-state index is 5.79. The van der Waals surface area contributed by atoms with E-state index in [4.69, 9.17) is 4.74 Å². The zero-order valence-corrected chi connectivity index (χ0v) is 13.5. The molecule has 0 aromatic heterocycles. The van der Waals surface area contributed by atoms with Gasteiger partial charge in [0.2, 0.25) is 0 Å². The first-order chi connectivity index (χ1) is 9.13. The van der Waals surface area contributed by atoms with Crippen LogP contribution in [0.25, 0.3) is 0 Å². The lowest BCUT2D eigenvalue weighted by molar-refractivity contribution is 0.322. The monoisotopic (exact) mass is 323 g/mol. The van der Waals surface area contributed by atoms with Crippen LogP contribution in [0.1, 0.15) is 32.8 Å². The minimum absolute atomic E-state index is 0.639. The highest BCUT2D eigenvalue weighted by atomic mass is 79.9. The van der Waals surface area contributed by atoms with Crippen LogP contribution in [-0.4, -0.2) is 13.2 Å². The van der Waals surface area contributed by atoms with Crippen LogP contribution in [0.3, 0.4) is 0 Å². The lowest BCUT2D eigenvalue weighted by atomic mass is 10.2. The van der Waals surface area contributed by atoms with E-state index in [1.54, 1.807) is 0 Å². The van der Waals surface area contributed by atoms with Crippen molar-refractivity contribution in [2.24, 2.45) is 5.92 Å². The number of ether oxygens (including phenoxy) is 1.